The summed E-state index contributed by atoms with van der Waals surface area (Å²) < 4.78 is 30.3. The van der Waals surface area contributed by atoms with Crippen molar-refractivity contribution in [1.29, 1.82) is 0 Å². The fourth-order valence-electron chi connectivity index (χ4n) is 5.76. The number of nitrogens with zero attached hydrogens (tertiary/aromatic N) is 2. The zero-order valence-corrected chi connectivity index (χ0v) is 19.3. The lowest BCUT2D eigenvalue weighted by molar-refractivity contribution is -0.127. The van der Waals surface area contributed by atoms with Crippen molar-refractivity contribution in [3.63, 3.8) is 0 Å². The van der Waals surface area contributed by atoms with Crippen LogP contribution in [0.15, 0.2) is 65.5 Å². The first-order valence-corrected chi connectivity index (χ1v) is 11.8. The van der Waals surface area contributed by atoms with E-state index >= 15 is 0 Å². The molecule has 0 unspecified atom stereocenters. The average Bonchev–Trinajstić information content (AvgIpc) is 3.38. The second-order valence-corrected chi connectivity index (χ2v) is 9.16. The molecule has 5 rings (SSSR count). The van der Waals surface area contributed by atoms with E-state index in [1.807, 2.05) is 41.3 Å². The number of benzene rings is 2. The Balaban J connectivity index is 1.61. The number of pyridine rings is 1. The molecule has 0 saturated carbocycles. The van der Waals surface area contributed by atoms with Crippen molar-refractivity contribution in [2.45, 2.75) is 32.1 Å². The van der Waals surface area contributed by atoms with E-state index in [0.717, 1.165) is 23.8 Å². The van der Waals surface area contributed by atoms with E-state index < -0.39 is 29.6 Å². The van der Waals surface area contributed by atoms with E-state index in [-0.39, 0.29) is 36.1 Å². The van der Waals surface area contributed by atoms with Crippen molar-refractivity contribution >= 4 is 5.91 Å². The summed E-state index contributed by atoms with van der Waals surface area (Å²) in [6.07, 6.45) is 0. The Kier molecular flexibility index (Phi) is 6.25. The third kappa shape index (κ3) is 3.96. The lowest BCUT2D eigenvalue weighted by Crippen LogP contribution is -2.48. The van der Waals surface area contributed by atoms with Gasteiger partial charge in [0.25, 0.3) is 5.56 Å². The minimum Gasteiger partial charge on any atom is -0.396 e. The molecule has 0 spiro atoms. The molecule has 2 N–H and O–H groups in total. The molecule has 2 aromatic carbocycles. The number of nitrogens with one attached hydrogen (secondary N) is 1. The lowest BCUT2D eigenvalue weighted by Gasteiger charge is -2.31. The van der Waals surface area contributed by atoms with Crippen LogP contribution in [0.2, 0.25) is 0 Å². The third-order valence-electron chi connectivity index (χ3n) is 7.26. The van der Waals surface area contributed by atoms with Gasteiger partial charge in [-0.25, -0.2) is 8.78 Å². The third-order valence-corrected chi connectivity index (χ3v) is 7.26. The quantitative estimate of drug-likeness (QED) is 0.570. The van der Waals surface area contributed by atoms with Gasteiger partial charge >= 0.3 is 0 Å². The van der Waals surface area contributed by atoms with Crippen LogP contribution in [0.1, 0.15) is 24.2 Å². The summed E-state index contributed by atoms with van der Waals surface area (Å²) in [5, 5.41) is 13.2. The summed E-state index contributed by atoms with van der Waals surface area (Å²) >= 11 is 0. The summed E-state index contributed by atoms with van der Waals surface area (Å²) in [5.41, 5.74) is 2.06. The maximum absolute atomic E-state index is 14.6. The van der Waals surface area contributed by atoms with Crippen LogP contribution < -0.4 is 10.9 Å². The zero-order valence-electron chi connectivity index (χ0n) is 19.3. The number of likely N-dealkylation sites (N-methyl/N-ethyl adjacent to an activating group) is 1. The molecule has 1 fully saturated rings. The molecule has 35 heavy (non-hydrogen) atoms. The Morgan fingerprint density at radius 3 is 2.60 bits per heavy atom. The van der Waals surface area contributed by atoms with E-state index in [2.05, 4.69) is 5.32 Å². The van der Waals surface area contributed by atoms with Gasteiger partial charge in [0.15, 0.2) is 0 Å². The summed E-state index contributed by atoms with van der Waals surface area (Å²) in [5.74, 6) is -2.11. The van der Waals surface area contributed by atoms with Crippen molar-refractivity contribution in [2.24, 2.45) is 11.8 Å². The first kappa shape index (κ1) is 23.4. The summed E-state index contributed by atoms with van der Waals surface area (Å²) in [6, 6.07) is 15.1. The number of halogens is 2. The number of hydrogen-bond acceptors (Lipinski definition) is 4. The number of amides is 1. The van der Waals surface area contributed by atoms with Crippen molar-refractivity contribution < 1.29 is 18.7 Å². The molecular weight excluding hydrogens is 452 g/mol. The van der Waals surface area contributed by atoms with Crippen LogP contribution in [0.5, 0.6) is 0 Å². The van der Waals surface area contributed by atoms with E-state index in [1.54, 1.807) is 17.6 Å². The molecule has 1 aromatic heterocycles. The van der Waals surface area contributed by atoms with E-state index in [0.29, 0.717) is 24.3 Å². The SMILES string of the molecule is CCNC(=O)[C@H]1[C@H](CO)[C@H]2Cn3c(ccc(-c4ccccc4)c3=O)[C@H]2N1Cc1cc(F)ccc1F. The lowest BCUT2D eigenvalue weighted by atomic mass is 9.88. The number of hydrogen-bond donors (Lipinski definition) is 2. The van der Waals surface area contributed by atoms with Crippen LogP contribution in [-0.4, -0.2) is 39.7 Å². The van der Waals surface area contributed by atoms with Crippen LogP contribution in [0.4, 0.5) is 8.78 Å². The molecule has 6 nitrogen and oxygen atoms in total. The Labute approximate surface area is 201 Å². The fraction of sp³-hybridized carbons (Fsp3) is 0.333. The largest absolute Gasteiger partial charge is 0.396 e. The molecule has 182 valence electrons. The molecule has 0 bridgehead atoms. The van der Waals surface area contributed by atoms with E-state index in [4.69, 9.17) is 0 Å². The monoisotopic (exact) mass is 479 g/mol. The van der Waals surface area contributed by atoms with Gasteiger partial charge in [-0.15, -0.1) is 0 Å². The minimum absolute atomic E-state index is 0.0301. The number of aliphatic hydroxyl groups excluding tert-OH is 1. The molecule has 3 heterocycles. The Bertz CT molecular complexity index is 1310. The second kappa shape index (κ2) is 9.36. The number of rotatable bonds is 6. The van der Waals surface area contributed by atoms with Gasteiger partial charge in [0.05, 0.1) is 12.1 Å². The van der Waals surface area contributed by atoms with Gasteiger partial charge < -0.3 is 15.0 Å². The highest BCUT2D eigenvalue weighted by atomic mass is 19.1. The molecule has 0 aliphatic carbocycles. The molecule has 0 radical (unpaired) electrons. The molecule has 2 aliphatic rings. The Hall–Kier alpha value is -3.36. The molecule has 1 saturated heterocycles. The van der Waals surface area contributed by atoms with E-state index in [9.17, 15) is 23.5 Å². The summed E-state index contributed by atoms with van der Waals surface area (Å²) in [4.78, 5) is 28.4. The number of carbonyl (C=O) groups is 1. The maximum atomic E-state index is 14.6. The Morgan fingerprint density at radius 2 is 1.89 bits per heavy atom. The normalized spacial score (nSPS) is 23.2. The highest BCUT2D eigenvalue weighted by Crippen LogP contribution is 2.50. The first-order chi connectivity index (χ1) is 16.9. The zero-order chi connectivity index (χ0) is 24.7. The second-order valence-electron chi connectivity index (χ2n) is 9.16. The molecular formula is C27H27F2N3O3. The van der Waals surface area contributed by atoms with Gasteiger partial charge in [0.1, 0.15) is 11.6 Å². The van der Waals surface area contributed by atoms with Crippen molar-refractivity contribution in [3.05, 3.63) is 93.9 Å². The topological polar surface area (TPSA) is 74.6 Å². The predicted octanol–water partition coefficient (Wildman–Crippen LogP) is 3.09. The predicted molar refractivity (Wildman–Crippen MR) is 127 cm³/mol. The molecule has 2 aliphatic heterocycles. The highest BCUT2D eigenvalue weighted by molar-refractivity contribution is 5.82. The van der Waals surface area contributed by atoms with Crippen molar-refractivity contribution in [3.8, 4) is 11.1 Å². The van der Waals surface area contributed by atoms with Gasteiger partial charge in [-0.3, -0.25) is 14.5 Å². The first-order valence-electron chi connectivity index (χ1n) is 11.8. The van der Waals surface area contributed by atoms with Gasteiger partial charge in [0.2, 0.25) is 5.91 Å². The van der Waals surface area contributed by atoms with Gasteiger partial charge in [-0.05, 0) is 42.8 Å². The standard InChI is InChI=1S/C27H27F2N3O3/c1-2-30-26(34)25-21(15-33)20-14-31-23(11-9-19(27(31)35)16-6-4-3-5-7-16)24(20)32(25)13-17-12-18(28)8-10-22(17)29/h3-12,20-21,24-25,33H,2,13-15H2,1H3,(H,30,34)/t20-,21-,24+,25-/m1/s1. The number of fused-ring (bicyclic) bond motifs is 3. The van der Waals surface area contributed by atoms with Gasteiger partial charge in [0, 0.05) is 54.9 Å². The number of carbonyl (C=O) groups excluding carboxylic acids is 1. The highest BCUT2D eigenvalue weighted by Gasteiger charge is 2.55. The van der Waals surface area contributed by atoms with Crippen molar-refractivity contribution in [2.75, 3.05) is 13.2 Å². The minimum atomic E-state index is -0.740. The smallest absolute Gasteiger partial charge is 0.258 e. The molecule has 1 amide bonds. The summed E-state index contributed by atoms with van der Waals surface area (Å²) in [6.45, 7) is 2.25. The van der Waals surface area contributed by atoms with Crippen LogP contribution in [0.3, 0.4) is 0 Å². The van der Waals surface area contributed by atoms with E-state index in [1.165, 1.54) is 0 Å². The van der Waals surface area contributed by atoms with Crippen LogP contribution in [0, 0.1) is 23.5 Å². The average molecular weight is 480 g/mol. The number of likely N-dealkylation sites (tertiary alicyclic amines) is 1. The Morgan fingerprint density at radius 1 is 1.11 bits per heavy atom. The maximum Gasteiger partial charge on any atom is 0.258 e. The number of aliphatic hydroxyl groups is 1. The van der Waals surface area contributed by atoms with Gasteiger partial charge in [-0.1, -0.05) is 30.3 Å². The van der Waals surface area contributed by atoms with Crippen molar-refractivity contribution in [1.82, 2.24) is 14.8 Å². The number of aromatic nitrogens is 1. The van der Waals surface area contributed by atoms with Crippen LogP contribution in [0.25, 0.3) is 11.1 Å². The summed E-state index contributed by atoms with van der Waals surface area (Å²) in [7, 11) is 0. The van der Waals surface area contributed by atoms with Crippen LogP contribution in [-0.2, 0) is 17.9 Å². The fourth-order valence-corrected chi connectivity index (χ4v) is 5.76. The van der Waals surface area contributed by atoms with Crippen LogP contribution >= 0.6 is 0 Å². The van der Waals surface area contributed by atoms with Gasteiger partial charge in [-0.2, -0.15) is 0 Å². The molecule has 3 aromatic rings. The molecule has 4 atom stereocenters. The molecule has 8 heteroatoms.